The number of hydrogen-bond donors (Lipinski definition) is 1. The second kappa shape index (κ2) is 5.84. The zero-order chi connectivity index (χ0) is 13.8. The average Bonchev–Trinajstić information content (AvgIpc) is 3.16. The van der Waals surface area contributed by atoms with E-state index in [0.717, 1.165) is 0 Å². The molecule has 19 heavy (non-hydrogen) atoms. The molecule has 1 aliphatic carbocycles. The lowest BCUT2D eigenvalue weighted by atomic mass is 10.2. The van der Waals surface area contributed by atoms with Crippen LogP contribution in [0, 0.1) is 5.92 Å². The monoisotopic (exact) mass is 263 g/mol. The van der Waals surface area contributed by atoms with E-state index >= 15 is 0 Å². The highest BCUT2D eigenvalue weighted by atomic mass is 16.5. The molecule has 0 radical (unpaired) electrons. The molecule has 5 heteroatoms. The van der Waals surface area contributed by atoms with Gasteiger partial charge in [-0.15, -0.1) is 0 Å². The number of anilines is 1. The first-order chi connectivity index (χ1) is 9.13. The van der Waals surface area contributed by atoms with Crippen molar-refractivity contribution in [2.75, 3.05) is 18.1 Å². The Labute approximate surface area is 111 Å². The highest BCUT2D eigenvalue weighted by molar-refractivity contribution is 6.00. The maximum Gasteiger partial charge on any atom is 0.323 e. The number of carboxylic acids is 1. The first kappa shape index (κ1) is 13.5. The van der Waals surface area contributed by atoms with Crippen LogP contribution in [0.3, 0.4) is 0 Å². The molecule has 102 valence electrons. The summed E-state index contributed by atoms with van der Waals surface area (Å²) < 4.78 is 5.38. The molecule has 0 bridgehead atoms. The van der Waals surface area contributed by atoms with Gasteiger partial charge in [-0.1, -0.05) is 18.2 Å². The minimum Gasteiger partial charge on any atom is -0.480 e. The zero-order valence-electron chi connectivity index (χ0n) is 10.8. The number of ether oxygens (including phenoxy) is 1. The molecule has 1 saturated carbocycles. The number of hydrogen-bond acceptors (Lipinski definition) is 3. The van der Waals surface area contributed by atoms with Gasteiger partial charge in [0.25, 0.3) is 0 Å². The van der Waals surface area contributed by atoms with Crippen molar-refractivity contribution >= 4 is 17.6 Å². The summed E-state index contributed by atoms with van der Waals surface area (Å²) in [5.41, 5.74) is 0.608. The van der Waals surface area contributed by atoms with Crippen LogP contribution >= 0.6 is 0 Å². The lowest BCUT2D eigenvalue weighted by Crippen LogP contribution is -2.37. The third kappa shape index (κ3) is 3.32. The summed E-state index contributed by atoms with van der Waals surface area (Å²) in [6.45, 7) is 2.13. The number of carboxylic acid groups (broad SMARTS) is 1. The van der Waals surface area contributed by atoms with E-state index < -0.39 is 5.97 Å². The van der Waals surface area contributed by atoms with Gasteiger partial charge in [0.1, 0.15) is 6.54 Å². The van der Waals surface area contributed by atoms with Crippen molar-refractivity contribution < 1.29 is 19.4 Å². The standard InChI is InChI=1S/C14H17NO4/c1-2-19-12-8-11(12)14(18)15(9-13(16)17)10-6-4-3-5-7-10/h3-7,11-12H,2,8-9H2,1H3,(H,16,17). The Bertz CT molecular complexity index is 460. The van der Waals surface area contributed by atoms with Gasteiger partial charge >= 0.3 is 5.97 Å². The first-order valence-corrected chi connectivity index (χ1v) is 6.33. The first-order valence-electron chi connectivity index (χ1n) is 6.33. The average molecular weight is 263 g/mol. The van der Waals surface area contributed by atoms with E-state index in [1.165, 1.54) is 4.90 Å². The zero-order valence-corrected chi connectivity index (χ0v) is 10.8. The van der Waals surface area contributed by atoms with Gasteiger partial charge in [-0.25, -0.2) is 0 Å². The Kier molecular flexibility index (Phi) is 4.16. The smallest absolute Gasteiger partial charge is 0.323 e. The number of nitrogens with zero attached hydrogens (tertiary/aromatic N) is 1. The molecule has 1 amide bonds. The second-order valence-corrected chi connectivity index (χ2v) is 4.49. The van der Waals surface area contributed by atoms with Crippen LogP contribution in [0.25, 0.3) is 0 Å². The van der Waals surface area contributed by atoms with Crippen LogP contribution in [0.15, 0.2) is 30.3 Å². The van der Waals surface area contributed by atoms with Gasteiger partial charge in [0.2, 0.25) is 5.91 Å². The highest BCUT2D eigenvalue weighted by Crippen LogP contribution is 2.36. The summed E-state index contributed by atoms with van der Waals surface area (Å²) in [6, 6.07) is 8.86. The predicted molar refractivity (Wildman–Crippen MR) is 70.0 cm³/mol. The van der Waals surface area contributed by atoms with Crippen LogP contribution in [0.2, 0.25) is 0 Å². The van der Waals surface area contributed by atoms with E-state index in [-0.39, 0.29) is 24.5 Å². The third-order valence-corrected chi connectivity index (χ3v) is 3.06. The van der Waals surface area contributed by atoms with Crippen molar-refractivity contribution in [3.63, 3.8) is 0 Å². The Morgan fingerprint density at radius 3 is 2.63 bits per heavy atom. The lowest BCUT2D eigenvalue weighted by molar-refractivity contribution is -0.137. The van der Waals surface area contributed by atoms with E-state index in [1.54, 1.807) is 24.3 Å². The second-order valence-electron chi connectivity index (χ2n) is 4.49. The summed E-state index contributed by atoms with van der Waals surface area (Å²) in [7, 11) is 0. The number of para-hydroxylation sites is 1. The minimum atomic E-state index is -1.02. The van der Waals surface area contributed by atoms with E-state index in [0.29, 0.717) is 18.7 Å². The fourth-order valence-electron chi connectivity index (χ4n) is 2.07. The van der Waals surface area contributed by atoms with Crippen molar-refractivity contribution in [2.45, 2.75) is 19.4 Å². The van der Waals surface area contributed by atoms with Gasteiger partial charge in [0.15, 0.2) is 0 Å². The fourth-order valence-corrected chi connectivity index (χ4v) is 2.07. The summed E-state index contributed by atoms with van der Waals surface area (Å²) in [5, 5.41) is 8.94. The number of amides is 1. The molecule has 1 aromatic rings. The van der Waals surface area contributed by atoms with Crippen molar-refractivity contribution in [1.82, 2.24) is 0 Å². The molecule has 5 nitrogen and oxygen atoms in total. The number of carbonyl (C=O) groups excluding carboxylic acids is 1. The minimum absolute atomic E-state index is 0.0579. The number of rotatable bonds is 6. The van der Waals surface area contributed by atoms with Gasteiger partial charge < -0.3 is 14.7 Å². The van der Waals surface area contributed by atoms with Crippen molar-refractivity contribution in [2.24, 2.45) is 5.92 Å². The molecule has 0 saturated heterocycles. The molecule has 2 rings (SSSR count). The number of aliphatic carboxylic acids is 1. The lowest BCUT2D eigenvalue weighted by Gasteiger charge is -2.20. The van der Waals surface area contributed by atoms with Crippen LogP contribution in [0.4, 0.5) is 5.69 Å². The molecule has 0 heterocycles. The quantitative estimate of drug-likeness (QED) is 0.845. The predicted octanol–water partition coefficient (Wildman–Crippen LogP) is 1.53. The van der Waals surface area contributed by atoms with Crippen LogP contribution in [0.5, 0.6) is 0 Å². The van der Waals surface area contributed by atoms with E-state index in [2.05, 4.69) is 0 Å². The largest absolute Gasteiger partial charge is 0.480 e. The molecule has 0 spiro atoms. The molecule has 0 aliphatic heterocycles. The van der Waals surface area contributed by atoms with E-state index in [1.807, 2.05) is 13.0 Å². The number of benzene rings is 1. The molecule has 1 aliphatic rings. The van der Waals surface area contributed by atoms with Crippen LogP contribution in [0.1, 0.15) is 13.3 Å². The Morgan fingerprint density at radius 2 is 2.05 bits per heavy atom. The normalized spacial score (nSPS) is 20.9. The number of carbonyl (C=O) groups is 2. The van der Waals surface area contributed by atoms with Crippen LogP contribution < -0.4 is 4.90 Å². The maximum absolute atomic E-state index is 12.3. The molecular formula is C14H17NO4. The SMILES string of the molecule is CCOC1CC1C(=O)N(CC(=O)O)c1ccccc1. The van der Waals surface area contributed by atoms with E-state index in [4.69, 9.17) is 9.84 Å². The Morgan fingerprint density at radius 1 is 1.37 bits per heavy atom. The molecular weight excluding hydrogens is 246 g/mol. The molecule has 2 atom stereocenters. The third-order valence-electron chi connectivity index (χ3n) is 3.06. The molecule has 1 N–H and O–H groups in total. The van der Waals surface area contributed by atoms with Crippen molar-refractivity contribution in [1.29, 1.82) is 0 Å². The van der Waals surface area contributed by atoms with Crippen molar-refractivity contribution in [3.8, 4) is 0 Å². The van der Waals surface area contributed by atoms with Gasteiger partial charge in [0.05, 0.1) is 12.0 Å². The molecule has 1 aromatic carbocycles. The molecule has 0 aromatic heterocycles. The van der Waals surface area contributed by atoms with Gasteiger partial charge in [-0.3, -0.25) is 9.59 Å². The van der Waals surface area contributed by atoms with Crippen LogP contribution in [-0.4, -0.2) is 36.2 Å². The maximum atomic E-state index is 12.3. The molecule has 2 unspecified atom stereocenters. The van der Waals surface area contributed by atoms with Gasteiger partial charge in [-0.2, -0.15) is 0 Å². The van der Waals surface area contributed by atoms with Gasteiger partial charge in [0, 0.05) is 12.3 Å². The highest BCUT2D eigenvalue weighted by Gasteiger charge is 2.46. The summed E-state index contributed by atoms with van der Waals surface area (Å²) >= 11 is 0. The van der Waals surface area contributed by atoms with E-state index in [9.17, 15) is 9.59 Å². The van der Waals surface area contributed by atoms with Crippen LogP contribution in [-0.2, 0) is 14.3 Å². The van der Waals surface area contributed by atoms with Crippen molar-refractivity contribution in [3.05, 3.63) is 30.3 Å². The Balaban J connectivity index is 2.10. The topological polar surface area (TPSA) is 66.8 Å². The Hall–Kier alpha value is -1.88. The summed E-state index contributed by atoms with van der Waals surface area (Å²) in [6.07, 6.45) is 0.618. The van der Waals surface area contributed by atoms with Gasteiger partial charge in [-0.05, 0) is 25.5 Å². The summed E-state index contributed by atoms with van der Waals surface area (Å²) in [5.74, 6) is -1.41. The fraction of sp³-hybridized carbons (Fsp3) is 0.429. The molecule has 1 fully saturated rings. The summed E-state index contributed by atoms with van der Waals surface area (Å²) in [4.78, 5) is 24.5.